The predicted octanol–water partition coefficient (Wildman–Crippen LogP) is 6.92. The lowest BCUT2D eigenvalue weighted by Crippen LogP contribution is -2.56. The Kier molecular flexibility index (Phi) is 9.08. The van der Waals surface area contributed by atoms with Crippen molar-refractivity contribution in [1.29, 1.82) is 0 Å². The molecule has 3 aliphatic rings. The van der Waals surface area contributed by atoms with Gasteiger partial charge in [0.1, 0.15) is 22.7 Å². The summed E-state index contributed by atoms with van der Waals surface area (Å²) < 4.78 is 25.0. The molecule has 0 unspecified atom stereocenters. The zero-order valence-corrected chi connectivity index (χ0v) is 25.1. The van der Waals surface area contributed by atoms with Gasteiger partial charge in [-0.3, -0.25) is 4.79 Å². The first-order valence-electron chi connectivity index (χ1n) is 14.7. The molecule has 1 N–H and O–H groups in total. The van der Waals surface area contributed by atoms with Gasteiger partial charge in [0.25, 0.3) is 0 Å². The van der Waals surface area contributed by atoms with Gasteiger partial charge in [0, 0.05) is 37.1 Å². The molecular weight excluding hydrogens is 510 g/mol. The summed E-state index contributed by atoms with van der Waals surface area (Å²) in [6.45, 7) is 14.5. The number of fused-ring (bicyclic) bond motifs is 3. The molecule has 40 heavy (non-hydrogen) atoms. The van der Waals surface area contributed by atoms with E-state index in [1.54, 1.807) is 0 Å². The minimum absolute atomic E-state index is 0.00546. The van der Waals surface area contributed by atoms with Gasteiger partial charge in [-0.25, -0.2) is 4.79 Å². The molecule has 8 heteroatoms. The van der Waals surface area contributed by atoms with Crippen LogP contribution in [0.2, 0.25) is 0 Å². The summed E-state index contributed by atoms with van der Waals surface area (Å²) in [5.74, 6) is 0.816. The normalized spacial score (nSPS) is 25.3. The van der Waals surface area contributed by atoms with Crippen LogP contribution in [0.15, 0.2) is 29.8 Å². The number of nitrogens with zero attached hydrogens (tertiary/aromatic N) is 1. The lowest BCUT2D eigenvalue weighted by atomic mass is 9.63. The number of hydrogen-bond acceptors (Lipinski definition) is 6. The summed E-state index contributed by atoms with van der Waals surface area (Å²) in [7, 11) is 0. The molecule has 3 aliphatic heterocycles. The van der Waals surface area contributed by atoms with Crippen LogP contribution >= 0.6 is 0 Å². The number of carboxylic acid groups (broad SMARTS) is 1. The van der Waals surface area contributed by atoms with E-state index in [4.69, 9.17) is 24.1 Å². The molecular formula is C32H47NO7. The third-order valence-electron chi connectivity index (χ3n) is 8.48. The Morgan fingerprint density at radius 3 is 2.58 bits per heavy atom. The Labute approximate surface area is 239 Å². The highest BCUT2D eigenvalue weighted by molar-refractivity contribution is 5.68. The number of amides is 1. The lowest BCUT2D eigenvalue weighted by molar-refractivity contribution is -0.179. The van der Waals surface area contributed by atoms with Crippen LogP contribution in [0.5, 0.6) is 11.5 Å². The van der Waals surface area contributed by atoms with Crippen LogP contribution in [0.25, 0.3) is 0 Å². The Morgan fingerprint density at radius 2 is 1.93 bits per heavy atom. The summed E-state index contributed by atoms with van der Waals surface area (Å²) in [4.78, 5) is 25.3. The number of carboxylic acids is 1. The number of ether oxygens (including phenoxy) is 4. The van der Waals surface area contributed by atoms with Gasteiger partial charge in [0.15, 0.2) is 0 Å². The van der Waals surface area contributed by atoms with Gasteiger partial charge < -0.3 is 29.0 Å². The van der Waals surface area contributed by atoms with Gasteiger partial charge in [-0.1, -0.05) is 11.6 Å². The van der Waals surface area contributed by atoms with Crippen LogP contribution < -0.4 is 9.47 Å². The van der Waals surface area contributed by atoms with E-state index in [1.165, 1.54) is 5.57 Å². The summed E-state index contributed by atoms with van der Waals surface area (Å²) in [6.07, 6.45) is 7.03. The molecule has 1 spiro atoms. The molecule has 0 aromatic heterocycles. The molecule has 0 radical (unpaired) electrons. The molecule has 3 atom stereocenters. The first kappa shape index (κ1) is 30.2. The molecule has 4 rings (SSSR count). The van der Waals surface area contributed by atoms with Gasteiger partial charge in [-0.05, 0) is 97.6 Å². The molecule has 2 saturated heterocycles. The third kappa shape index (κ3) is 7.31. The van der Waals surface area contributed by atoms with Crippen LogP contribution in [0.4, 0.5) is 4.79 Å². The maximum absolute atomic E-state index is 12.7. The average Bonchev–Trinajstić information content (AvgIpc) is 2.86. The molecule has 0 saturated carbocycles. The van der Waals surface area contributed by atoms with Gasteiger partial charge in [0.2, 0.25) is 0 Å². The lowest BCUT2D eigenvalue weighted by Gasteiger charge is -2.55. The molecule has 0 aliphatic carbocycles. The minimum atomic E-state index is -0.821. The van der Waals surface area contributed by atoms with Crippen LogP contribution in [-0.4, -0.2) is 59.6 Å². The molecule has 222 valence electrons. The van der Waals surface area contributed by atoms with Crippen molar-refractivity contribution in [3.63, 3.8) is 0 Å². The maximum Gasteiger partial charge on any atom is 0.410 e. The zero-order valence-electron chi connectivity index (χ0n) is 25.1. The minimum Gasteiger partial charge on any atom is -0.493 e. The molecule has 8 nitrogen and oxygen atoms in total. The number of piperidine rings is 1. The topological polar surface area (TPSA) is 94.5 Å². The third-order valence-corrected chi connectivity index (χ3v) is 8.48. The van der Waals surface area contributed by atoms with Crippen LogP contribution in [0, 0.1) is 11.3 Å². The van der Waals surface area contributed by atoms with E-state index in [0.717, 1.165) is 43.4 Å². The number of aliphatic carboxylic acids is 1. The molecule has 0 bridgehead atoms. The molecule has 2 fully saturated rings. The number of rotatable bonds is 8. The number of allylic oxidation sites excluding steroid dienone is 2. The van der Waals surface area contributed by atoms with Gasteiger partial charge in [-0.15, -0.1) is 0 Å². The van der Waals surface area contributed by atoms with Crippen LogP contribution in [0.1, 0.15) is 98.2 Å². The highest BCUT2D eigenvalue weighted by Crippen LogP contribution is 2.57. The summed E-state index contributed by atoms with van der Waals surface area (Å²) >= 11 is 0. The fourth-order valence-corrected chi connectivity index (χ4v) is 6.25. The first-order valence-corrected chi connectivity index (χ1v) is 14.7. The Hall–Kier alpha value is -2.74. The van der Waals surface area contributed by atoms with Crippen molar-refractivity contribution >= 4 is 12.1 Å². The second-order valence-corrected chi connectivity index (χ2v) is 13.3. The van der Waals surface area contributed by atoms with Crippen molar-refractivity contribution in [2.75, 3.05) is 26.3 Å². The SMILES string of the molecule is CC(C)=CCC[C@]1(C)Oc2cc(OCCCC(=O)O)ccc2[C@H]2OCC3(CCN(C(=O)OC(C)(C)C)CC3)C[C@@H]21. The molecule has 1 aromatic rings. The number of hydrogen-bond donors (Lipinski definition) is 1. The summed E-state index contributed by atoms with van der Waals surface area (Å²) in [5, 5.41) is 8.89. The summed E-state index contributed by atoms with van der Waals surface area (Å²) in [5.41, 5.74) is 1.41. The average molecular weight is 558 g/mol. The number of benzene rings is 1. The highest BCUT2D eigenvalue weighted by Gasteiger charge is 2.54. The largest absolute Gasteiger partial charge is 0.493 e. The second-order valence-electron chi connectivity index (χ2n) is 13.3. The van der Waals surface area contributed by atoms with E-state index < -0.39 is 17.2 Å². The smallest absolute Gasteiger partial charge is 0.410 e. The molecule has 1 amide bonds. The maximum atomic E-state index is 12.7. The Morgan fingerprint density at radius 1 is 1.20 bits per heavy atom. The number of carbonyl (C=O) groups excluding carboxylic acids is 1. The van der Waals surface area contributed by atoms with Crippen molar-refractivity contribution in [3.05, 3.63) is 35.4 Å². The standard InChI is InChI=1S/C32H47NO7/c1-22(2)9-7-13-31(6)25-20-32(14-16-33(17-15-32)29(36)40-30(3,4)5)21-38-28(25)24-12-11-23(19-26(24)39-31)37-18-8-10-27(34)35/h9,11-12,19,25,28H,7-8,10,13-18,20-21H2,1-6H3,(H,34,35)/t25-,28+,31-/m0/s1. The van der Waals surface area contributed by atoms with E-state index in [-0.39, 0.29) is 30.0 Å². The number of carbonyl (C=O) groups is 2. The van der Waals surface area contributed by atoms with E-state index in [1.807, 2.05) is 43.9 Å². The van der Waals surface area contributed by atoms with Crippen molar-refractivity contribution in [1.82, 2.24) is 4.90 Å². The quantitative estimate of drug-likeness (QED) is 0.274. The van der Waals surface area contributed by atoms with E-state index in [9.17, 15) is 9.59 Å². The fraction of sp³-hybridized carbons (Fsp3) is 0.688. The highest BCUT2D eigenvalue weighted by atomic mass is 16.6. The van der Waals surface area contributed by atoms with Crippen molar-refractivity contribution < 1.29 is 33.6 Å². The molecule has 1 aromatic carbocycles. The van der Waals surface area contributed by atoms with Crippen LogP contribution in [-0.2, 0) is 14.3 Å². The van der Waals surface area contributed by atoms with Crippen LogP contribution in [0.3, 0.4) is 0 Å². The van der Waals surface area contributed by atoms with Gasteiger partial charge in [-0.2, -0.15) is 0 Å². The number of likely N-dealkylation sites (tertiary alicyclic amines) is 1. The van der Waals surface area contributed by atoms with Gasteiger partial charge in [0.05, 0.1) is 19.3 Å². The Balaban J connectivity index is 1.51. The zero-order chi connectivity index (χ0) is 29.1. The van der Waals surface area contributed by atoms with E-state index >= 15 is 0 Å². The van der Waals surface area contributed by atoms with Crippen molar-refractivity contribution in [3.8, 4) is 11.5 Å². The Bertz CT molecular complexity index is 1090. The first-order chi connectivity index (χ1) is 18.8. The van der Waals surface area contributed by atoms with Gasteiger partial charge >= 0.3 is 12.1 Å². The van der Waals surface area contributed by atoms with E-state index in [2.05, 4.69) is 26.8 Å². The van der Waals surface area contributed by atoms with Crippen molar-refractivity contribution in [2.45, 2.75) is 104 Å². The van der Waals surface area contributed by atoms with Crippen molar-refractivity contribution in [2.24, 2.45) is 11.3 Å². The fourth-order valence-electron chi connectivity index (χ4n) is 6.25. The molecule has 3 heterocycles. The monoisotopic (exact) mass is 557 g/mol. The van der Waals surface area contributed by atoms with E-state index in [0.29, 0.717) is 38.5 Å². The second kappa shape index (κ2) is 12.0. The summed E-state index contributed by atoms with van der Waals surface area (Å²) in [6, 6.07) is 5.90. The predicted molar refractivity (Wildman–Crippen MR) is 153 cm³/mol.